The number of hydrogen-bond acceptors (Lipinski definition) is 7. The molecular formula is C20H20N6O3. The summed E-state index contributed by atoms with van der Waals surface area (Å²) in [7, 11) is 3.05. The average molecular weight is 392 g/mol. The zero-order valence-corrected chi connectivity index (χ0v) is 16.2. The molecule has 29 heavy (non-hydrogen) atoms. The van der Waals surface area contributed by atoms with Gasteiger partial charge >= 0.3 is 5.97 Å². The van der Waals surface area contributed by atoms with E-state index in [1.54, 1.807) is 11.6 Å². The van der Waals surface area contributed by atoms with Gasteiger partial charge in [-0.15, -0.1) is 0 Å². The number of piperidine rings is 1. The van der Waals surface area contributed by atoms with Crippen LogP contribution in [0.4, 0.5) is 11.5 Å². The van der Waals surface area contributed by atoms with E-state index in [4.69, 9.17) is 4.74 Å². The van der Waals surface area contributed by atoms with Crippen LogP contribution in [0, 0.1) is 0 Å². The fourth-order valence-corrected chi connectivity index (χ4v) is 4.46. The van der Waals surface area contributed by atoms with Gasteiger partial charge in [0.25, 0.3) is 0 Å². The van der Waals surface area contributed by atoms with Gasteiger partial charge in [0.15, 0.2) is 17.0 Å². The highest BCUT2D eigenvalue weighted by atomic mass is 16.5. The van der Waals surface area contributed by atoms with Crippen LogP contribution in [0.1, 0.15) is 29.0 Å². The SMILES string of the molecule is COC(=O)c1nc2c(N3CCC4(CC3)C(=O)Nc3ccccc34)ncnc2n1C. The molecule has 4 heterocycles. The third-order valence-corrected chi connectivity index (χ3v) is 6.05. The number of aryl methyl sites for hydroxylation is 1. The van der Waals surface area contributed by atoms with E-state index in [1.165, 1.54) is 13.4 Å². The number of methoxy groups -OCH3 is 1. The molecule has 0 unspecified atom stereocenters. The second-order valence-corrected chi connectivity index (χ2v) is 7.42. The molecule has 1 fully saturated rings. The van der Waals surface area contributed by atoms with Crippen molar-refractivity contribution in [2.75, 3.05) is 30.4 Å². The maximum Gasteiger partial charge on any atom is 0.374 e. The Hall–Kier alpha value is -3.49. The first-order chi connectivity index (χ1) is 14.0. The number of nitrogens with one attached hydrogen (secondary N) is 1. The molecule has 3 aromatic rings. The minimum Gasteiger partial charge on any atom is -0.463 e. The van der Waals surface area contributed by atoms with Crippen molar-refractivity contribution < 1.29 is 14.3 Å². The molecule has 2 aliphatic rings. The number of esters is 1. The lowest BCUT2D eigenvalue weighted by molar-refractivity contribution is -0.121. The molecule has 9 nitrogen and oxygen atoms in total. The number of carbonyl (C=O) groups excluding carboxylic acids is 2. The lowest BCUT2D eigenvalue weighted by Crippen LogP contribution is -2.46. The van der Waals surface area contributed by atoms with Crippen LogP contribution < -0.4 is 10.2 Å². The highest BCUT2D eigenvalue weighted by Gasteiger charge is 2.48. The summed E-state index contributed by atoms with van der Waals surface area (Å²) in [4.78, 5) is 40.1. The van der Waals surface area contributed by atoms with Gasteiger partial charge in [0.1, 0.15) is 6.33 Å². The first kappa shape index (κ1) is 17.6. The molecule has 148 valence electrons. The Kier molecular flexibility index (Phi) is 3.80. The maximum atomic E-state index is 12.8. The van der Waals surface area contributed by atoms with Crippen LogP contribution in [0.5, 0.6) is 0 Å². The van der Waals surface area contributed by atoms with Gasteiger partial charge in [-0.1, -0.05) is 18.2 Å². The number of imidazole rings is 1. The predicted molar refractivity (Wildman–Crippen MR) is 106 cm³/mol. The predicted octanol–water partition coefficient (Wildman–Crippen LogP) is 1.64. The van der Waals surface area contributed by atoms with Crippen LogP contribution in [0.25, 0.3) is 11.2 Å². The summed E-state index contributed by atoms with van der Waals surface area (Å²) >= 11 is 0. The molecule has 1 aromatic carbocycles. The molecule has 1 saturated heterocycles. The quantitative estimate of drug-likeness (QED) is 0.662. The van der Waals surface area contributed by atoms with Gasteiger partial charge in [-0.05, 0) is 24.5 Å². The van der Waals surface area contributed by atoms with Crippen molar-refractivity contribution in [3.8, 4) is 0 Å². The smallest absolute Gasteiger partial charge is 0.374 e. The van der Waals surface area contributed by atoms with E-state index < -0.39 is 11.4 Å². The normalized spacial score (nSPS) is 17.4. The van der Waals surface area contributed by atoms with Crippen LogP contribution in [0.15, 0.2) is 30.6 Å². The standard InChI is InChI=1S/C20H20N6O3/c1-25-15-14(24-17(25)18(27)29-2)16(22-11-21-15)26-9-7-20(8-10-26)12-5-3-4-6-13(12)23-19(20)28/h3-6,11H,7-10H2,1-2H3,(H,23,28). The molecular weight excluding hydrogens is 372 g/mol. The van der Waals surface area contributed by atoms with E-state index in [9.17, 15) is 9.59 Å². The zero-order chi connectivity index (χ0) is 20.2. The Balaban J connectivity index is 1.48. The van der Waals surface area contributed by atoms with Crippen LogP contribution in [-0.2, 0) is 22.0 Å². The monoisotopic (exact) mass is 392 g/mol. The van der Waals surface area contributed by atoms with E-state index >= 15 is 0 Å². The molecule has 1 spiro atoms. The first-order valence-corrected chi connectivity index (χ1v) is 9.47. The molecule has 2 aromatic heterocycles. The van der Waals surface area contributed by atoms with Gasteiger partial charge in [0, 0.05) is 25.8 Å². The third kappa shape index (κ3) is 2.43. The molecule has 0 atom stereocenters. The molecule has 2 aliphatic heterocycles. The largest absolute Gasteiger partial charge is 0.463 e. The summed E-state index contributed by atoms with van der Waals surface area (Å²) in [6, 6.07) is 7.89. The molecule has 0 aliphatic carbocycles. The summed E-state index contributed by atoms with van der Waals surface area (Å²) in [6.07, 6.45) is 2.83. The minimum atomic E-state index is -0.520. The van der Waals surface area contributed by atoms with E-state index in [1.807, 2.05) is 24.3 Å². The van der Waals surface area contributed by atoms with Crippen LogP contribution >= 0.6 is 0 Å². The van der Waals surface area contributed by atoms with Gasteiger partial charge in [0.05, 0.1) is 12.5 Å². The van der Waals surface area contributed by atoms with Gasteiger partial charge in [-0.25, -0.2) is 19.7 Å². The maximum absolute atomic E-state index is 12.8. The summed E-state index contributed by atoms with van der Waals surface area (Å²) in [5.74, 6) is 0.398. The molecule has 1 amide bonds. The number of fused-ring (bicyclic) bond motifs is 3. The van der Waals surface area contributed by atoms with Crippen LogP contribution in [-0.4, -0.2) is 51.6 Å². The average Bonchev–Trinajstić information content (AvgIpc) is 3.23. The topological polar surface area (TPSA) is 102 Å². The van der Waals surface area contributed by atoms with Gasteiger partial charge in [-0.2, -0.15) is 0 Å². The molecule has 0 bridgehead atoms. The van der Waals surface area contributed by atoms with E-state index in [2.05, 4.69) is 25.2 Å². The number of para-hydroxylation sites is 1. The number of ether oxygens (including phenoxy) is 1. The first-order valence-electron chi connectivity index (χ1n) is 9.47. The highest BCUT2D eigenvalue weighted by Crippen LogP contribution is 2.45. The molecule has 0 radical (unpaired) electrons. The fourth-order valence-electron chi connectivity index (χ4n) is 4.46. The molecule has 5 rings (SSSR count). The Bertz CT molecular complexity index is 1150. The molecule has 9 heteroatoms. The Morgan fingerprint density at radius 3 is 2.72 bits per heavy atom. The fraction of sp³-hybridized carbons (Fsp3) is 0.350. The number of rotatable bonds is 2. The van der Waals surface area contributed by atoms with Crippen molar-refractivity contribution in [3.05, 3.63) is 42.0 Å². The van der Waals surface area contributed by atoms with Crippen LogP contribution in [0.3, 0.4) is 0 Å². The number of anilines is 2. The number of aromatic nitrogens is 4. The zero-order valence-electron chi connectivity index (χ0n) is 16.2. The number of amides is 1. The Morgan fingerprint density at radius 2 is 1.97 bits per heavy atom. The lowest BCUT2D eigenvalue weighted by atomic mass is 9.73. The number of carbonyl (C=O) groups is 2. The van der Waals surface area contributed by atoms with Crippen molar-refractivity contribution in [1.82, 2.24) is 19.5 Å². The number of nitrogens with zero attached hydrogens (tertiary/aromatic N) is 5. The van der Waals surface area contributed by atoms with Gasteiger partial charge in [0.2, 0.25) is 11.7 Å². The second kappa shape index (κ2) is 6.26. The van der Waals surface area contributed by atoms with Crippen molar-refractivity contribution >= 4 is 34.5 Å². The lowest BCUT2D eigenvalue weighted by Gasteiger charge is -2.38. The molecule has 0 saturated carbocycles. The minimum absolute atomic E-state index is 0.0667. The third-order valence-electron chi connectivity index (χ3n) is 6.05. The summed E-state index contributed by atoms with van der Waals surface area (Å²) in [5.41, 5.74) is 2.61. The Labute approximate surface area is 166 Å². The van der Waals surface area contributed by atoms with Crippen molar-refractivity contribution in [2.24, 2.45) is 7.05 Å². The van der Waals surface area contributed by atoms with E-state index in [0.29, 0.717) is 42.9 Å². The Morgan fingerprint density at radius 1 is 1.21 bits per heavy atom. The van der Waals surface area contributed by atoms with Gasteiger partial charge in [-0.3, -0.25) is 4.79 Å². The number of hydrogen-bond donors (Lipinski definition) is 1. The van der Waals surface area contributed by atoms with Crippen molar-refractivity contribution in [1.29, 1.82) is 0 Å². The van der Waals surface area contributed by atoms with Crippen molar-refractivity contribution in [2.45, 2.75) is 18.3 Å². The summed E-state index contributed by atoms with van der Waals surface area (Å²) in [6.45, 7) is 1.30. The second-order valence-electron chi connectivity index (χ2n) is 7.42. The van der Waals surface area contributed by atoms with Crippen molar-refractivity contribution in [3.63, 3.8) is 0 Å². The highest BCUT2D eigenvalue weighted by molar-refractivity contribution is 6.06. The summed E-state index contributed by atoms with van der Waals surface area (Å²) in [5, 5.41) is 3.02. The summed E-state index contributed by atoms with van der Waals surface area (Å²) < 4.78 is 6.42. The van der Waals surface area contributed by atoms with Gasteiger partial charge < -0.3 is 19.5 Å². The van der Waals surface area contributed by atoms with E-state index in [-0.39, 0.29) is 11.7 Å². The van der Waals surface area contributed by atoms with Crippen LogP contribution in [0.2, 0.25) is 0 Å². The van der Waals surface area contributed by atoms with E-state index in [0.717, 1.165) is 11.3 Å². The molecule has 1 N–H and O–H groups in total. The number of benzene rings is 1.